The molecule has 0 bridgehead atoms. The van der Waals surface area contributed by atoms with Gasteiger partial charge in [0.2, 0.25) is 0 Å². The minimum atomic E-state index is -0.791. The van der Waals surface area contributed by atoms with Crippen molar-refractivity contribution < 1.29 is 13.7 Å². The molecule has 0 aromatic heterocycles. The smallest absolute Gasteiger partial charge is 0.0943 e. The Bertz CT molecular complexity index is 189. The van der Waals surface area contributed by atoms with Crippen LogP contribution in [0.1, 0.15) is 13.3 Å². The molecule has 1 aliphatic heterocycles. The van der Waals surface area contributed by atoms with Gasteiger partial charge in [0.15, 0.2) is 0 Å². The van der Waals surface area contributed by atoms with Gasteiger partial charge in [0, 0.05) is 32.6 Å². The van der Waals surface area contributed by atoms with Gasteiger partial charge in [0.25, 0.3) is 0 Å². The molecule has 2 atom stereocenters. The Kier molecular flexibility index (Phi) is 5.62. The van der Waals surface area contributed by atoms with Crippen LogP contribution in [0.2, 0.25) is 0 Å². The lowest BCUT2D eigenvalue weighted by molar-refractivity contribution is 0.00536. The lowest BCUT2D eigenvalue weighted by atomic mass is 10.3. The van der Waals surface area contributed by atoms with E-state index in [1.54, 1.807) is 7.11 Å². The molecule has 1 heterocycles. The number of hydrogen-bond donors (Lipinski definition) is 0. The minimum absolute atomic E-state index is 0.0389. The van der Waals surface area contributed by atoms with Crippen molar-refractivity contribution in [2.45, 2.75) is 19.4 Å². The Morgan fingerprint density at radius 2 is 2.36 bits per heavy atom. The fourth-order valence-corrected chi connectivity index (χ4v) is 2.74. The summed E-state index contributed by atoms with van der Waals surface area (Å²) in [4.78, 5) is 0. The number of ether oxygens (including phenoxy) is 2. The van der Waals surface area contributed by atoms with E-state index >= 15 is 0 Å². The van der Waals surface area contributed by atoms with E-state index in [1.165, 1.54) is 0 Å². The first-order valence-electron chi connectivity index (χ1n) is 5.02. The summed E-state index contributed by atoms with van der Waals surface area (Å²) < 4.78 is 23.9. The summed E-state index contributed by atoms with van der Waals surface area (Å²) in [6.07, 6.45) is 1.06. The molecule has 0 aromatic carbocycles. The van der Waals surface area contributed by atoms with Gasteiger partial charge in [0.05, 0.1) is 23.7 Å². The standard InChI is InChI=1S/C9H19NO3S/c1-3-13-8-9(12-2)7-10-5-4-6-14(10)11/h9H,3-8H2,1-2H3. The second kappa shape index (κ2) is 6.50. The molecule has 4 nitrogen and oxygen atoms in total. The van der Waals surface area contributed by atoms with Crippen LogP contribution in [0.4, 0.5) is 0 Å². The third kappa shape index (κ3) is 3.65. The maximum atomic E-state index is 11.4. The van der Waals surface area contributed by atoms with Gasteiger partial charge in [-0.25, -0.2) is 8.51 Å². The molecule has 0 saturated carbocycles. The third-order valence-electron chi connectivity index (χ3n) is 2.26. The van der Waals surface area contributed by atoms with E-state index in [2.05, 4.69) is 0 Å². The Morgan fingerprint density at radius 3 is 2.86 bits per heavy atom. The van der Waals surface area contributed by atoms with Crippen LogP contribution in [0.3, 0.4) is 0 Å². The van der Waals surface area contributed by atoms with Crippen molar-refractivity contribution in [1.82, 2.24) is 4.31 Å². The summed E-state index contributed by atoms with van der Waals surface area (Å²) in [5.74, 6) is 0.797. The van der Waals surface area contributed by atoms with Gasteiger partial charge in [-0.15, -0.1) is 0 Å². The molecule has 1 fully saturated rings. The van der Waals surface area contributed by atoms with Gasteiger partial charge in [0.1, 0.15) is 0 Å². The van der Waals surface area contributed by atoms with Gasteiger partial charge >= 0.3 is 0 Å². The SMILES string of the molecule is CCOCC(CN1CCCS1=O)OC. The Labute approximate surface area is 88.1 Å². The molecule has 0 N–H and O–H groups in total. The van der Waals surface area contributed by atoms with Crippen LogP contribution in [0.15, 0.2) is 0 Å². The van der Waals surface area contributed by atoms with E-state index < -0.39 is 11.0 Å². The van der Waals surface area contributed by atoms with E-state index in [0.717, 1.165) is 18.7 Å². The molecule has 84 valence electrons. The zero-order valence-corrected chi connectivity index (χ0v) is 9.72. The first kappa shape index (κ1) is 12.1. The van der Waals surface area contributed by atoms with Gasteiger partial charge in [-0.1, -0.05) is 0 Å². The first-order chi connectivity index (χ1) is 6.77. The van der Waals surface area contributed by atoms with Crippen LogP contribution in [0.5, 0.6) is 0 Å². The van der Waals surface area contributed by atoms with Crippen LogP contribution < -0.4 is 0 Å². The van der Waals surface area contributed by atoms with Crippen LogP contribution in [0.25, 0.3) is 0 Å². The Hall–Kier alpha value is 0.0300. The van der Waals surface area contributed by atoms with Crippen molar-refractivity contribution >= 4 is 11.0 Å². The van der Waals surface area contributed by atoms with Crippen molar-refractivity contribution in [3.05, 3.63) is 0 Å². The van der Waals surface area contributed by atoms with Crippen LogP contribution in [-0.2, 0) is 20.5 Å². The highest BCUT2D eigenvalue weighted by molar-refractivity contribution is 7.82. The molecule has 5 heteroatoms. The Morgan fingerprint density at radius 1 is 1.57 bits per heavy atom. The highest BCUT2D eigenvalue weighted by Gasteiger charge is 2.23. The molecule has 0 aliphatic carbocycles. The summed E-state index contributed by atoms with van der Waals surface area (Å²) in [6.45, 7) is 4.87. The quantitative estimate of drug-likeness (QED) is 0.652. The lowest BCUT2D eigenvalue weighted by Gasteiger charge is -2.20. The average Bonchev–Trinajstić information content (AvgIpc) is 2.59. The van der Waals surface area contributed by atoms with Crippen molar-refractivity contribution in [3.63, 3.8) is 0 Å². The molecule has 0 radical (unpaired) electrons. The summed E-state index contributed by atoms with van der Waals surface area (Å²) >= 11 is 0. The molecule has 0 amide bonds. The predicted octanol–water partition coefficient (Wildman–Crippen LogP) is 0.407. The van der Waals surface area contributed by atoms with E-state index in [1.807, 2.05) is 11.2 Å². The highest BCUT2D eigenvalue weighted by atomic mass is 32.2. The van der Waals surface area contributed by atoms with Crippen LogP contribution >= 0.6 is 0 Å². The van der Waals surface area contributed by atoms with Crippen LogP contribution in [0, 0.1) is 0 Å². The molecule has 1 saturated heterocycles. The fourth-order valence-electron chi connectivity index (χ4n) is 1.44. The fraction of sp³-hybridized carbons (Fsp3) is 1.00. The molecule has 14 heavy (non-hydrogen) atoms. The number of hydrogen-bond acceptors (Lipinski definition) is 3. The summed E-state index contributed by atoms with van der Waals surface area (Å²) in [5, 5.41) is 0. The lowest BCUT2D eigenvalue weighted by Crippen LogP contribution is -2.34. The molecule has 1 rings (SSSR count). The first-order valence-corrected chi connectivity index (χ1v) is 6.29. The van der Waals surface area contributed by atoms with Crippen molar-refractivity contribution in [2.75, 3.05) is 39.2 Å². The number of rotatable bonds is 6. The minimum Gasteiger partial charge on any atom is -0.379 e. The van der Waals surface area contributed by atoms with E-state index in [-0.39, 0.29) is 6.10 Å². The second-order valence-electron chi connectivity index (χ2n) is 3.28. The van der Waals surface area contributed by atoms with E-state index in [0.29, 0.717) is 19.8 Å². The number of nitrogens with zero attached hydrogens (tertiary/aromatic N) is 1. The van der Waals surface area contributed by atoms with Crippen LogP contribution in [-0.4, -0.2) is 53.8 Å². The van der Waals surface area contributed by atoms with Gasteiger partial charge < -0.3 is 9.47 Å². The Balaban J connectivity index is 2.28. The van der Waals surface area contributed by atoms with E-state index in [9.17, 15) is 4.21 Å². The predicted molar refractivity (Wildman–Crippen MR) is 56.5 cm³/mol. The molecular weight excluding hydrogens is 202 g/mol. The third-order valence-corrected chi connectivity index (χ3v) is 3.81. The van der Waals surface area contributed by atoms with Crippen molar-refractivity contribution in [2.24, 2.45) is 0 Å². The summed E-state index contributed by atoms with van der Waals surface area (Å²) in [6, 6.07) is 0. The highest BCUT2D eigenvalue weighted by Crippen LogP contribution is 2.10. The molecule has 0 spiro atoms. The molecule has 1 aliphatic rings. The monoisotopic (exact) mass is 221 g/mol. The van der Waals surface area contributed by atoms with Gasteiger partial charge in [-0.05, 0) is 13.3 Å². The maximum absolute atomic E-state index is 11.4. The normalized spacial score (nSPS) is 25.4. The zero-order valence-electron chi connectivity index (χ0n) is 8.90. The average molecular weight is 221 g/mol. The zero-order chi connectivity index (χ0) is 10.4. The molecule has 2 unspecified atom stereocenters. The van der Waals surface area contributed by atoms with Gasteiger partial charge in [-0.2, -0.15) is 0 Å². The molecule has 0 aromatic rings. The van der Waals surface area contributed by atoms with Gasteiger partial charge in [-0.3, -0.25) is 0 Å². The molecular formula is C9H19NO3S. The van der Waals surface area contributed by atoms with Crippen molar-refractivity contribution in [1.29, 1.82) is 0 Å². The topological polar surface area (TPSA) is 38.8 Å². The van der Waals surface area contributed by atoms with E-state index in [4.69, 9.17) is 9.47 Å². The summed E-state index contributed by atoms with van der Waals surface area (Å²) in [5.41, 5.74) is 0. The summed E-state index contributed by atoms with van der Waals surface area (Å²) in [7, 11) is 0.879. The largest absolute Gasteiger partial charge is 0.379 e. The second-order valence-corrected chi connectivity index (χ2v) is 4.85. The maximum Gasteiger partial charge on any atom is 0.0943 e. The number of methoxy groups -OCH3 is 1. The van der Waals surface area contributed by atoms with Crippen molar-refractivity contribution in [3.8, 4) is 0 Å².